The van der Waals surface area contributed by atoms with Gasteiger partial charge >= 0.3 is 6.36 Å². The standard InChI is InChI=1S/C13H14F3N3O2/c1-2-17-8-7-11-18-19-12(20-11)9-3-5-10(6-4-9)21-13(14,15)16/h3-6,17H,2,7-8H2,1H3. The van der Waals surface area contributed by atoms with E-state index in [0.29, 0.717) is 17.9 Å². The van der Waals surface area contributed by atoms with Crippen LogP contribution in [0.2, 0.25) is 0 Å². The summed E-state index contributed by atoms with van der Waals surface area (Å²) in [6.07, 6.45) is -4.11. The minimum absolute atomic E-state index is 0.264. The maximum atomic E-state index is 12.0. The van der Waals surface area contributed by atoms with E-state index >= 15 is 0 Å². The molecular formula is C13H14F3N3O2. The third kappa shape index (κ3) is 4.75. The zero-order valence-corrected chi connectivity index (χ0v) is 11.3. The van der Waals surface area contributed by atoms with E-state index in [9.17, 15) is 13.2 Å². The number of ether oxygens (including phenoxy) is 1. The molecule has 0 saturated carbocycles. The summed E-state index contributed by atoms with van der Waals surface area (Å²) in [6, 6.07) is 5.27. The monoisotopic (exact) mass is 301 g/mol. The summed E-state index contributed by atoms with van der Waals surface area (Å²) in [6.45, 7) is 3.56. The number of rotatable bonds is 6. The third-order valence-electron chi connectivity index (χ3n) is 2.57. The highest BCUT2D eigenvalue weighted by atomic mass is 19.4. The first kappa shape index (κ1) is 15.3. The normalized spacial score (nSPS) is 11.6. The molecule has 2 aromatic rings. The fourth-order valence-corrected chi connectivity index (χ4v) is 1.64. The number of aromatic nitrogens is 2. The van der Waals surface area contributed by atoms with Crippen molar-refractivity contribution in [2.75, 3.05) is 13.1 Å². The van der Waals surface area contributed by atoms with Crippen molar-refractivity contribution < 1.29 is 22.3 Å². The SMILES string of the molecule is CCNCCc1nnc(-c2ccc(OC(F)(F)F)cc2)o1. The largest absolute Gasteiger partial charge is 0.573 e. The highest BCUT2D eigenvalue weighted by Crippen LogP contribution is 2.25. The molecule has 1 heterocycles. The van der Waals surface area contributed by atoms with Gasteiger partial charge in [0.15, 0.2) is 0 Å². The van der Waals surface area contributed by atoms with E-state index in [1.165, 1.54) is 24.3 Å². The molecule has 1 aromatic heterocycles. The summed E-state index contributed by atoms with van der Waals surface area (Å²) in [7, 11) is 0. The van der Waals surface area contributed by atoms with E-state index in [1.54, 1.807) is 0 Å². The maximum absolute atomic E-state index is 12.0. The Morgan fingerprint density at radius 3 is 2.52 bits per heavy atom. The summed E-state index contributed by atoms with van der Waals surface area (Å²) >= 11 is 0. The van der Waals surface area contributed by atoms with Gasteiger partial charge in [-0.3, -0.25) is 0 Å². The molecule has 0 spiro atoms. The van der Waals surface area contributed by atoms with Gasteiger partial charge in [0.05, 0.1) is 0 Å². The minimum atomic E-state index is -4.70. The van der Waals surface area contributed by atoms with Crippen LogP contribution in [-0.4, -0.2) is 29.6 Å². The van der Waals surface area contributed by atoms with Gasteiger partial charge in [0, 0.05) is 18.5 Å². The molecule has 0 aliphatic rings. The zero-order chi connectivity index (χ0) is 15.3. The second-order valence-electron chi connectivity index (χ2n) is 4.18. The average Bonchev–Trinajstić information content (AvgIpc) is 2.87. The van der Waals surface area contributed by atoms with E-state index in [1.807, 2.05) is 6.92 Å². The molecule has 0 atom stereocenters. The van der Waals surface area contributed by atoms with Gasteiger partial charge in [-0.05, 0) is 30.8 Å². The number of likely N-dealkylation sites (N-methyl/N-ethyl adjacent to an activating group) is 1. The molecule has 0 aliphatic carbocycles. The van der Waals surface area contributed by atoms with Crippen molar-refractivity contribution in [2.24, 2.45) is 0 Å². The predicted molar refractivity (Wildman–Crippen MR) is 68.7 cm³/mol. The fraction of sp³-hybridized carbons (Fsp3) is 0.385. The minimum Gasteiger partial charge on any atom is -0.421 e. The number of hydrogen-bond acceptors (Lipinski definition) is 5. The van der Waals surface area contributed by atoms with Crippen molar-refractivity contribution in [3.8, 4) is 17.2 Å². The van der Waals surface area contributed by atoms with Gasteiger partial charge in [-0.25, -0.2) is 0 Å². The smallest absolute Gasteiger partial charge is 0.421 e. The molecule has 1 N–H and O–H groups in total. The van der Waals surface area contributed by atoms with Crippen LogP contribution in [0.3, 0.4) is 0 Å². The van der Waals surface area contributed by atoms with Gasteiger partial charge in [0.2, 0.25) is 11.8 Å². The number of halogens is 3. The highest BCUT2D eigenvalue weighted by Gasteiger charge is 2.31. The highest BCUT2D eigenvalue weighted by molar-refractivity contribution is 5.53. The Bertz CT molecular complexity index is 567. The van der Waals surface area contributed by atoms with Crippen LogP contribution in [-0.2, 0) is 6.42 Å². The first-order valence-corrected chi connectivity index (χ1v) is 6.37. The molecule has 21 heavy (non-hydrogen) atoms. The maximum Gasteiger partial charge on any atom is 0.573 e. The van der Waals surface area contributed by atoms with Crippen LogP contribution in [0.5, 0.6) is 5.75 Å². The Hall–Kier alpha value is -2.09. The number of alkyl halides is 3. The van der Waals surface area contributed by atoms with E-state index in [-0.39, 0.29) is 11.6 Å². The molecule has 5 nitrogen and oxygen atoms in total. The van der Waals surface area contributed by atoms with Gasteiger partial charge in [-0.1, -0.05) is 6.92 Å². The number of benzene rings is 1. The number of hydrogen-bond donors (Lipinski definition) is 1. The molecule has 0 unspecified atom stereocenters. The Morgan fingerprint density at radius 2 is 1.90 bits per heavy atom. The summed E-state index contributed by atoms with van der Waals surface area (Å²) in [4.78, 5) is 0. The Morgan fingerprint density at radius 1 is 1.19 bits per heavy atom. The van der Waals surface area contributed by atoms with Gasteiger partial charge in [-0.15, -0.1) is 23.4 Å². The lowest BCUT2D eigenvalue weighted by atomic mass is 10.2. The van der Waals surface area contributed by atoms with E-state index in [4.69, 9.17) is 4.42 Å². The van der Waals surface area contributed by atoms with Crippen molar-refractivity contribution in [3.05, 3.63) is 30.2 Å². The summed E-state index contributed by atoms with van der Waals surface area (Å²) in [5.41, 5.74) is 0.534. The van der Waals surface area contributed by atoms with Crippen molar-refractivity contribution in [3.63, 3.8) is 0 Å². The molecule has 0 fully saturated rings. The molecule has 0 aliphatic heterocycles. The third-order valence-corrected chi connectivity index (χ3v) is 2.57. The molecule has 0 bridgehead atoms. The van der Waals surface area contributed by atoms with Crippen LogP contribution < -0.4 is 10.1 Å². The van der Waals surface area contributed by atoms with Crippen molar-refractivity contribution >= 4 is 0 Å². The Kier molecular flexibility index (Phi) is 4.79. The molecule has 114 valence electrons. The molecule has 2 rings (SSSR count). The molecule has 1 aromatic carbocycles. The fourth-order valence-electron chi connectivity index (χ4n) is 1.64. The van der Waals surface area contributed by atoms with E-state index < -0.39 is 6.36 Å². The van der Waals surface area contributed by atoms with Crippen molar-refractivity contribution in [1.82, 2.24) is 15.5 Å². The second kappa shape index (κ2) is 6.57. The first-order valence-electron chi connectivity index (χ1n) is 6.37. The molecule has 0 amide bonds. The van der Waals surface area contributed by atoms with Gasteiger partial charge < -0.3 is 14.5 Å². The Balaban J connectivity index is 2.02. The number of nitrogens with one attached hydrogen (secondary N) is 1. The van der Waals surface area contributed by atoms with Crippen LogP contribution in [0.25, 0.3) is 11.5 Å². The lowest BCUT2D eigenvalue weighted by molar-refractivity contribution is -0.274. The quantitative estimate of drug-likeness (QED) is 0.831. The number of nitrogens with zero attached hydrogens (tertiary/aromatic N) is 2. The van der Waals surface area contributed by atoms with Crippen LogP contribution >= 0.6 is 0 Å². The van der Waals surface area contributed by atoms with Crippen LogP contribution in [0, 0.1) is 0 Å². The van der Waals surface area contributed by atoms with E-state index in [0.717, 1.165) is 13.1 Å². The Labute approximate surface area is 119 Å². The lowest BCUT2D eigenvalue weighted by Gasteiger charge is -2.08. The summed E-state index contributed by atoms with van der Waals surface area (Å²) < 4.78 is 45.4. The average molecular weight is 301 g/mol. The van der Waals surface area contributed by atoms with Crippen molar-refractivity contribution in [2.45, 2.75) is 19.7 Å². The van der Waals surface area contributed by atoms with Gasteiger partial charge in [0.1, 0.15) is 5.75 Å². The first-order chi connectivity index (χ1) is 9.98. The predicted octanol–water partition coefficient (Wildman–Crippen LogP) is 2.79. The van der Waals surface area contributed by atoms with Gasteiger partial charge in [0.25, 0.3) is 0 Å². The molecular weight excluding hydrogens is 287 g/mol. The second-order valence-corrected chi connectivity index (χ2v) is 4.18. The summed E-state index contributed by atoms with van der Waals surface area (Å²) in [5, 5.41) is 10.9. The molecule has 0 radical (unpaired) electrons. The summed E-state index contributed by atoms with van der Waals surface area (Å²) in [5.74, 6) is 0.444. The topological polar surface area (TPSA) is 60.2 Å². The van der Waals surface area contributed by atoms with Crippen LogP contribution in [0.1, 0.15) is 12.8 Å². The van der Waals surface area contributed by atoms with E-state index in [2.05, 4.69) is 20.3 Å². The van der Waals surface area contributed by atoms with Crippen LogP contribution in [0.15, 0.2) is 28.7 Å². The van der Waals surface area contributed by atoms with Crippen molar-refractivity contribution in [1.29, 1.82) is 0 Å². The molecule has 8 heteroatoms. The lowest BCUT2D eigenvalue weighted by Crippen LogP contribution is -2.16. The zero-order valence-electron chi connectivity index (χ0n) is 11.3. The molecule has 0 saturated heterocycles. The van der Waals surface area contributed by atoms with Gasteiger partial charge in [-0.2, -0.15) is 0 Å². The van der Waals surface area contributed by atoms with Crippen LogP contribution in [0.4, 0.5) is 13.2 Å².